The summed E-state index contributed by atoms with van der Waals surface area (Å²) < 4.78 is 27.4. The number of rotatable bonds is 7. The van der Waals surface area contributed by atoms with Crippen LogP contribution in [-0.4, -0.2) is 31.4 Å². The van der Waals surface area contributed by atoms with Crippen LogP contribution in [0.5, 0.6) is 5.75 Å². The van der Waals surface area contributed by atoms with Gasteiger partial charge < -0.3 is 15.7 Å². The number of phenolic OH excluding ortho intramolecular Hbond substituents is 1. The van der Waals surface area contributed by atoms with Crippen molar-refractivity contribution in [2.45, 2.75) is 38.1 Å². The molecule has 2 rings (SSSR count). The molecule has 2 aromatic carbocycles. The second-order valence-corrected chi connectivity index (χ2v) is 8.54. The van der Waals surface area contributed by atoms with Gasteiger partial charge in [-0.3, -0.25) is 9.59 Å². The Morgan fingerprint density at radius 3 is 2.28 bits per heavy atom. The molecule has 0 aromatic heterocycles. The van der Waals surface area contributed by atoms with Gasteiger partial charge in [0.25, 0.3) is 0 Å². The van der Waals surface area contributed by atoms with Crippen LogP contribution in [0.1, 0.15) is 25.8 Å². The van der Waals surface area contributed by atoms with E-state index in [4.69, 9.17) is 11.6 Å². The van der Waals surface area contributed by atoms with E-state index in [9.17, 15) is 23.1 Å². The number of nitrogens with one attached hydrogen (secondary N) is 3. The summed E-state index contributed by atoms with van der Waals surface area (Å²) in [4.78, 5) is 23.8. The molecule has 0 aliphatic rings. The number of carbonyl (C=O) groups excluding carboxylic acids is 2. The fourth-order valence-electron chi connectivity index (χ4n) is 2.46. The smallest absolute Gasteiger partial charge is 0.242 e. The highest BCUT2D eigenvalue weighted by molar-refractivity contribution is 7.89. The van der Waals surface area contributed by atoms with Crippen molar-refractivity contribution in [3.8, 4) is 5.75 Å². The molecule has 0 bridgehead atoms. The Balaban J connectivity index is 2.19. The Labute approximate surface area is 174 Å². The third-order valence-corrected chi connectivity index (χ3v) is 5.81. The molecule has 0 aliphatic heterocycles. The zero-order chi connectivity index (χ0) is 21.8. The highest BCUT2D eigenvalue weighted by Gasteiger charge is 2.25. The van der Waals surface area contributed by atoms with Crippen LogP contribution < -0.4 is 15.4 Å². The molecule has 0 heterocycles. The van der Waals surface area contributed by atoms with Gasteiger partial charge in [-0.1, -0.05) is 36.2 Å². The van der Waals surface area contributed by atoms with Crippen LogP contribution in [-0.2, 0) is 19.6 Å². The Bertz CT molecular complexity index is 1020. The van der Waals surface area contributed by atoms with Crippen LogP contribution in [0.15, 0.2) is 41.3 Å². The van der Waals surface area contributed by atoms with Gasteiger partial charge in [0.1, 0.15) is 11.8 Å². The number of phenols is 1. The van der Waals surface area contributed by atoms with Gasteiger partial charge in [0.15, 0.2) is 0 Å². The van der Waals surface area contributed by atoms with E-state index >= 15 is 0 Å². The molecule has 0 radical (unpaired) electrons. The molecule has 2 aromatic rings. The maximum Gasteiger partial charge on any atom is 0.242 e. The van der Waals surface area contributed by atoms with Crippen LogP contribution >= 0.6 is 11.6 Å². The highest BCUT2D eigenvalue weighted by Crippen LogP contribution is 2.34. The topological polar surface area (TPSA) is 125 Å². The average molecular weight is 440 g/mol. The summed E-state index contributed by atoms with van der Waals surface area (Å²) in [6, 6.07) is 7.63. The first-order valence-electron chi connectivity index (χ1n) is 8.73. The lowest BCUT2D eigenvalue weighted by Crippen LogP contribution is -2.43. The number of anilines is 2. The molecule has 29 heavy (non-hydrogen) atoms. The minimum absolute atomic E-state index is 0.0460. The Kier molecular flexibility index (Phi) is 7.23. The number of aryl methyl sites for hydroxylation is 1. The normalized spacial score (nSPS) is 12.3. The number of hydrogen-bond acceptors (Lipinski definition) is 5. The predicted molar refractivity (Wildman–Crippen MR) is 112 cm³/mol. The van der Waals surface area contributed by atoms with Crippen LogP contribution in [0.4, 0.5) is 11.4 Å². The van der Waals surface area contributed by atoms with Gasteiger partial charge >= 0.3 is 0 Å². The van der Waals surface area contributed by atoms with Crippen LogP contribution in [0.25, 0.3) is 0 Å². The third kappa shape index (κ3) is 5.93. The van der Waals surface area contributed by atoms with Gasteiger partial charge in [-0.2, -0.15) is 4.72 Å². The Morgan fingerprint density at radius 1 is 1.10 bits per heavy atom. The first kappa shape index (κ1) is 22.7. The van der Waals surface area contributed by atoms with Crippen LogP contribution in [0, 0.1) is 6.92 Å². The van der Waals surface area contributed by atoms with Crippen molar-refractivity contribution in [2.75, 3.05) is 10.6 Å². The SMILES string of the molecule is CCC(NS(=O)(=O)c1ccc(C)cc1)C(=O)Nc1cc(O)c(NC(C)=O)cc1Cl. The molecular weight excluding hydrogens is 418 g/mol. The van der Waals surface area contributed by atoms with Gasteiger partial charge in [-0.15, -0.1) is 0 Å². The maximum absolute atomic E-state index is 12.6. The molecular formula is C19H22ClN3O5S. The lowest BCUT2D eigenvalue weighted by atomic mass is 10.2. The van der Waals surface area contributed by atoms with Gasteiger partial charge in [0.2, 0.25) is 21.8 Å². The van der Waals surface area contributed by atoms with E-state index in [1.807, 2.05) is 6.92 Å². The van der Waals surface area contributed by atoms with Gasteiger partial charge in [-0.25, -0.2) is 8.42 Å². The number of amides is 2. The fraction of sp³-hybridized carbons (Fsp3) is 0.263. The standard InChI is InChI=1S/C19H22ClN3O5S/c1-4-15(23-29(27,28)13-7-5-11(2)6-8-13)19(26)22-16-10-18(25)17(9-14(16)20)21-12(3)24/h5-10,15,23,25H,4H2,1-3H3,(H,21,24)(H,22,26). The van der Waals surface area contributed by atoms with Crippen LogP contribution in [0.2, 0.25) is 5.02 Å². The Hall–Kier alpha value is -2.62. The van der Waals surface area contributed by atoms with E-state index in [0.717, 1.165) is 5.56 Å². The molecule has 8 nitrogen and oxygen atoms in total. The number of hydrogen-bond donors (Lipinski definition) is 4. The van der Waals surface area contributed by atoms with Crippen molar-refractivity contribution in [3.63, 3.8) is 0 Å². The summed E-state index contributed by atoms with van der Waals surface area (Å²) >= 11 is 6.10. The first-order chi connectivity index (χ1) is 13.5. The van der Waals surface area contributed by atoms with Gasteiger partial charge in [-0.05, 0) is 31.5 Å². The van der Waals surface area contributed by atoms with Crippen molar-refractivity contribution in [1.29, 1.82) is 0 Å². The van der Waals surface area contributed by atoms with Crippen molar-refractivity contribution in [3.05, 3.63) is 47.0 Å². The lowest BCUT2D eigenvalue weighted by molar-refractivity contribution is -0.118. The summed E-state index contributed by atoms with van der Waals surface area (Å²) in [6.45, 7) is 4.76. The Morgan fingerprint density at radius 2 is 1.72 bits per heavy atom. The molecule has 4 N–H and O–H groups in total. The third-order valence-electron chi connectivity index (χ3n) is 4.01. The first-order valence-corrected chi connectivity index (χ1v) is 10.6. The van der Waals surface area contributed by atoms with E-state index in [1.165, 1.54) is 31.2 Å². The number of aromatic hydroxyl groups is 1. The van der Waals surface area contributed by atoms with Crippen molar-refractivity contribution < 1.29 is 23.1 Å². The van der Waals surface area contributed by atoms with Crippen molar-refractivity contribution >= 4 is 44.8 Å². The number of halogens is 1. The van der Waals surface area contributed by atoms with E-state index in [-0.39, 0.29) is 33.5 Å². The summed E-state index contributed by atoms with van der Waals surface area (Å²) in [5.74, 6) is -1.34. The molecule has 0 saturated carbocycles. The molecule has 2 amide bonds. The fourth-order valence-corrected chi connectivity index (χ4v) is 3.95. The quantitative estimate of drug-likeness (QED) is 0.493. The van der Waals surface area contributed by atoms with E-state index < -0.39 is 27.9 Å². The molecule has 1 atom stereocenters. The number of sulfonamides is 1. The van der Waals surface area contributed by atoms with E-state index in [1.54, 1.807) is 19.1 Å². The number of carbonyl (C=O) groups is 2. The molecule has 0 saturated heterocycles. The number of benzene rings is 2. The highest BCUT2D eigenvalue weighted by atomic mass is 35.5. The van der Waals surface area contributed by atoms with E-state index in [2.05, 4.69) is 15.4 Å². The van der Waals surface area contributed by atoms with E-state index in [0.29, 0.717) is 0 Å². The monoisotopic (exact) mass is 439 g/mol. The van der Waals surface area contributed by atoms with Gasteiger partial charge in [0.05, 0.1) is 21.3 Å². The summed E-state index contributed by atoms with van der Waals surface area (Å²) in [5, 5.41) is 15.0. The molecule has 1 unspecified atom stereocenters. The maximum atomic E-state index is 12.6. The summed E-state index contributed by atoms with van der Waals surface area (Å²) in [5.41, 5.74) is 1.08. The molecule has 10 heteroatoms. The second kappa shape index (κ2) is 9.25. The zero-order valence-corrected chi connectivity index (χ0v) is 17.7. The molecule has 156 valence electrons. The van der Waals surface area contributed by atoms with Gasteiger partial charge in [0, 0.05) is 13.0 Å². The molecule has 0 aliphatic carbocycles. The van der Waals surface area contributed by atoms with Crippen molar-refractivity contribution in [2.24, 2.45) is 0 Å². The molecule has 0 spiro atoms. The predicted octanol–water partition coefficient (Wildman–Crippen LogP) is 3.01. The lowest BCUT2D eigenvalue weighted by Gasteiger charge is -2.18. The minimum Gasteiger partial charge on any atom is -0.506 e. The molecule has 0 fully saturated rings. The van der Waals surface area contributed by atoms with Crippen LogP contribution in [0.3, 0.4) is 0 Å². The zero-order valence-electron chi connectivity index (χ0n) is 16.1. The average Bonchev–Trinajstić information content (AvgIpc) is 2.63. The van der Waals surface area contributed by atoms with Crippen molar-refractivity contribution in [1.82, 2.24) is 4.72 Å². The second-order valence-electron chi connectivity index (χ2n) is 6.41. The summed E-state index contributed by atoms with van der Waals surface area (Å²) in [6.07, 6.45) is 0.185. The minimum atomic E-state index is -3.90. The summed E-state index contributed by atoms with van der Waals surface area (Å²) in [7, 11) is -3.90. The largest absolute Gasteiger partial charge is 0.506 e.